The number of hydroxylamine groups is 2. The second-order valence-corrected chi connectivity index (χ2v) is 5.64. The summed E-state index contributed by atoms with van der Waals surface area (Å²) in [6.45, 7) is 0. The third-order valence-electron chi connectivity index (χ3n) is 3.37. The summed E-state index contributed by atoms with van der Waals surface area (Å²) in [5.74, 6) is -0.541. The van der Waals surface area contributed by atoms with E-state index in [1.165, 1.54) is 12.3 Å². The average molecular weight is 354 g/mol. The minimum absolute atomic E-state index is 0.208. The lowest BCUT2D eigenvalue weighted by atomic mass is 10.2. The normalized spacial score (nSPS) is 14.2. The number of amides is 1. The minimum atomic E-state index is -0.690. The number of anilines is 1. The fourth-order valence-corrected chi connectivity index (χ4v) is 2.33. The molecule has 0 atom stereocenters. The van der Waals surface area contributed by atoms with Crippen LogP contribution in [0.2, 0.25) is 0 Å². The second-order valence-electron chi connectivity index (χ2n) is 5.17. The molecule has 1 fully saturated rings. The fraction of sp³-hybridized carbons (Fsp3) is 0.118. The molecule has 0 aliphatic carbocycles. The van der Waals surface area contributed by atoms with Gasteiger partial charge in [0.25, 0.3) is 5.91 Å². The van der Waals surface area contributed by atoms with Gasteiger partial charge in [-0.1, -0.05) is 42.5 Å². The van der Waals surface area contributed by atoms with E-state index in [0.29, 0.717) is 17.2 Å². The predicted molar refractivity (Wildman–Crippen MR) is 96.0 cm³/mol. The van der Waals surface area contributed by atoms with Crippen molar-refractivity contribution in [3.63, 3.8) is 0 Å². The van der Waals surface area contributed by atoms with Crippen molar-refractivity contribution in [2.75, 3.05) is 5.43 Å². The Labute approximate surface area is 149 Å². The number of hydrazone groups is 1. The molecular weight excluding hydrogens is 340 g/mol. The van der Waals surface area contributed by atoms with E-state index in [4.69, 9.17) is 17.1 Å². The number of nitrogens with zero attached hydrogens (tertiary/aromatic N) is 3. The van der Waals surface area contributed by atoms with Crippen LogP contribution in [0.1, 0.15) is 28.8 Å². The van der Waals surface area contributed by atoms with Crippen molar-refractivity contribution in [3.8, 4) is 0 Å². The van der Waals surface area contributed by atoms with Gasteiger partial charge < -0.3 is 4.84 Å². The van der Waals surface area contributed by atoms with Crippen LogP contribution in [0.5, 0.6) is 0 Å². The molecule has 1 aliphatic heterocycles. The highest BCUT2D eigenvalue weighted by atomic mass is 32.1. The molecule has 0 unspecified atom stereocenters. The minimum Gasteiger partial charge on any atom is -0.327 e. The molecule has 0 saturated carbocycles. The van der Waals surface area contributed by atoms with E-state index in [1.54, 1.807) is 12.3 Å². The van der Waals surface area contributed by atoms with E-state index in [9.17, 15) is 9.59 Å². The highest BCUT2D eigenvalue weighted by Crippen LogP contribution is 2.16. The lowest BCUT2D eigenvalue weighted by Crippen LogP contribution is -2.31. The van der Waals surface area contributed by atoms with E-state index < -0.39 is 5.97 Å². The van der Waals surface area contributed by atoms with Crippen LogP contribution in [0, 0.1) is 0 Å². The molecule has 7 nitrogen and oxygen atoms in total. The lowest BCUT2D eigenvalue weighted by molar-refractivity contribution is -0.147. The van der Waals surface area contributed by atoms with Crippen LogP contribution in [0.3, 0.4) is 0 Å². The molecule has 0 spiro atoms. The summed E-state index contributed by atoms with van der Waals surface area (Å²) in [5.41, 5.74) is 3.92. The summed E-state index contributed by atoms with van der Waals surface area (Å²) < 4.78 is 0. The summed E-state index contributed by atoms with van der Waals surface area (Å²) in [4.78, 5) is 33.0. The summed E-state index contributed by atoms with van der Waals surface area (Å²) in [7, 11) is 0. The number of carbonyl (C=O) groups excluding carboxylic acids is 2. The molecule has 3 rings (SSSR count). The first-order chi connectivity index (χ1) is 12.1. The molecule has 1 saturated heterocycles. The van der Waals surface area contributed by atoms with Gasteiger partial charge in [-0.3, -0.25) is 10.2 Å². The molecule has 25 heavy (non-hydrogen) atoms. The molecule has 1 N–H and O–H groups in total. The predicted octanol–water partition coefficient (Wildman–Crippen LogP) is 2.55. The van der Waals surface area contributed by atoms with Crippen molar-refractivity contribution in [3.05, 3.63) is 59.8 Å². The first-order valence-electron chi connectivity index (χ1n) is 7.52. The van der Waals surface area contributed by atoms with Crippen LogP contribution in [-0.4, -0.2) is 33.1 Å². The molecular formula is C17H14N4O3S. The number of benzene rings is 1. The molecule has 1 amide bonds. The Kier molecular flexibility index (Phi) is 5.10. The Balaban J connectivity index is 1.58. The molecule has 2 heterocycles. The summed E-state index contributed by atoms with van der Waals surface area (Å²) in [5, 5.41) is 4.93. The zero-order valence-electron chi connectivity index (χ0n) is 13.1. The van der Waals surface area contributed by atoms with Gasteiger partial charge in [-0.05, 0) is 17.7 Å². The van der Waals surface area contributed by atoms with E-state index in [-0.39, 0.29) is 17.9 Å². The Morgan fingerprint density at radius 3 is 2.68 bits per heavy atom. The molecule has 2 aromatic rings. The van der Waals surface area contributed by atoms with Gasteiger partial charge in [-0.15, -0.1) is 5.06 Å². The fourth-order valence-electron chi connectivity index (χ4n) is 2.09. The number of hydrogen-bond acceptors (Lipinski definition) is 7. The maximum Gasteiger partial charge on any atom is 0.365 e. The third kappa shape index (κ3) is 4.24. The van der Waals surface area contributed by atoms with Gasteiger partial charge in [-0.25, -0.2) is 9.78 Å². The molecule has 1 aliphatic rings. The SMILES string of the molecule is O=C(ON1C(=O)CCC1=S)c1ccc(N/N=C/c2ccccc2)nc1. The highest BCUT2D eigenvalue weighted by molar-refractivity contribution is 7.80. The Morgan fingerprint density at radius 2 is 2.04 bits per heavy atom. The van der Waals surface area contributed by atoms with Crippen molar-refractivity contribution in [2.45, 2.75) is 12.8 Å². The number of aromatic nitrogens is 1. The van der Waals surface area contributed by atoms with Crippen molar-refractivity contribution in [2.24, 2.45) is 5.10 Å². The van der Waals surface area contributed by atoms with Crippen molar-refractivity contribution in [1.29, 1.82) is 0 Å². The van der Waals surface area contributed by atoms with Gasteiger partial charge in [0.15, 0.2) is 0 Å². The third-order valence-corrected chi connectivity index (χ3v) is 3.74. The number of pyridine rings is 1. The zero-order chi connectivity index (χ0) is 17.6. The summed E-state index contributed by atoms with van der Waals surface area (Å²) >= 11 is 4.98. The maximum atomic E-state index is 12.0. The zero-order valence-corrected chi connectivity index (χ0v) is 13.9. The molecule has 1 aromatic heterocycles. The standard InChI is InChI=1S/C17H14N4O3S/c22-15-8-9-16(25)21(15)24-17(23)13-6-7-14(18-11-13)20-19-10-12-4-2-1-3-5-12/h1-7,10-11H,8-9H2,(H,18,20)/b19-10+. The van der Waals surface area contributed by atoms with Gasteiger partial charge in [0, 0.05) is 19.0 Å². The Bertz CT molecular complexity index is 806. The second kappa shape index (κ2) is 7.63. The molecule has 0 bridgehead atoms. The van der Waals surface area contributed by atoms with E-state index in [0.717, 1.165) is 10.6 Å². The first kappa shape index (κ1) is 16.7. The Morgan fingerprint density at radius 1 is 1.24 bits per heavy atom. The van der Waals surface area contributed by atoms with Crippen LogP contribution in [-0.2, 0) is 9.63 Å². The van der Waals surface area contributed by atoms with Crippen LogP contribution in [0.4, 0.5) is 5.82 Å². The van der Waals surface area contributed by atoms with Crippen LogP contribution >= 0.6 is 12.2 Å². The summed E-state index contributed by atoms with van der Waals surface area (Å²) in [6.07, 6.45) is 3.67. The Hall–Kier alpha value is -3.13. The smallest absolute Gasteiger partial charge is 0.327 e. The number of hydrogen-bond donors (Lipinski definition) is 1. The van der Waals surface area contributed by atoms with Crippen LogP contribution < -0.4 is 5.43 Å². The number of rotatable bonds is 5. The van der Waals surface area contributed by atoms with E-state index in [2.05, 4.69) is 15.5 Å². The van der Waals surface area contributed by atoms with E-state index >= 15 is 0 Å². The van der Waals surface area contributed by atoms with Crippen molar-refractivity contribution in [1.82, 2.24) is 10.0 Å². The van der Waals surface area contributed by atoms with E-state index in [1.807, 2.05) is 30.3 Å². The molecule has 1 aromatic carbocycles. The monoisotopic (exact) mass is 354 g/mol. The lowest BCUT2D eigenvalue weighted by Gasteiger charge is -2.14. The van der Waals surface area contributed by atoms with Crippen molar-refractivity contribution < 1.29 is 14.4 Å². The van der Waals surface area contributed by atoms with Crippen molar-refractivity contribution >= 4 is 41.1 Å². The number of nitrogens with one attached hydrogen (secondary N) is 1. The van der Waals surface area contributed by atoms with Crippen LogP contribution in [0.15, 0.2) is 53.8 Å². The van der Waals surface area contributed by atoms with Gasteiger partial charge in [0.2, 0.25) is 0 Å². The maximum absolute atomic E-state index is 12.0. The van der Waals surface area contributed by atoms with Gasteiger partial charge in [0.1, 0.15) is 10.8 Å². The topological polar surface area (TPSA) is 83.9 Å². The molecule has 0 radical (unpaired) electrons. The summed E-state index contributed by atoms with van der Waals surface area (Å²) in [6, 6.07) is 12.7. The highest BCUT2D eigenvalue weighted by Gasteiger charge is 2.30. The first-order valence-corrected chi connectivity index (χ1v) is 7.92. The average Bonchev–Trinajstić information content (AvgIpc) is 2.95. The van der Waals surface area contributed by atoms with Gasteiger partial charge >= 0.3 is 5.97 Å². The largest absolute Gasteiger partial charge is 0.365 e. The number of thiocarbonyl (C=S) groups is 1. The van der Waals surface area contributed by atoms with Gasteiger partial charge in [0.05, 0.1) is 11.8 Å². The van der Waals surface area contributed by atoms with Gasteiger partial charge in [-0.2, -0.15) is 5.10 Å². The quantitative estimate of drug-likeness (QED) is 0.505. The number of carbonyl (C=O) groups is 2. The van der Waals surface area contributed by atoms with Crippen LogP contribution in [0.25, 0.3) is 0 Å². The molecule has 8 heteroatoms. The molecule has 126 valence electrons.